The summed E-state index contributed by atoms with van der Waals surface area (Å²) < 4.78 is 0. The minimum Gasteiger partial charge on any atom is -0.477 e. The molecule has 0 saturated carbocycles. The first-order valence-corrected chi connectivity index (χ1v) is 7.11. The Morgan fingerprint density at radius 1 is 1.52 bits per heavy atom. The van der Waals surface area contributed by atoms with Crippen LogP contribution in [0.4, 0.5) is 11.5 Å². The zero-order valence-corrected chi connectivity index (χ0v) is 12.3. The minimum absolute atomic E-state index is 0.348. The summed E-state index contributed by atoms with van der Waals surface area (Å²) in [5, 5.41) is 22.8. The highest BCUT2D eigenvalue weighted by molar-refractivity contribution is 5.93. The SMILES string of the molecule is CCCCC(CC)CNc1cc(C(=O)O)c([N+](=O)[O-])cn1. The number of carboxylic acids is 1. The first-order chi connectivity index (χ1) is 9.99. The maximum Gasteiger partial charge on any atom is 0.342 e. The summed E-state index contributed by atoms with van der Waals surface area (Å²) in [4.78, 5) is 25.0. The second-order valence-electron chi connectivity index (χ2n) is 4.95. The molecule has 1 rings (SSSR count). The van der Waals surface area contributed by atoms with Crippen LogP contribution in [-0.2, 0) is 0 Å². The maximum atomic E-state index is 11.1. The summed E-state index contributed by atoms with van der Waals surface area (Å²) >= 11 is 0. The number of nitrogens with zero attached hydrogens (tertiary/aromatic N) is 2. The Morgan fingerprint density at radius 3 is 2.76 bits per heavy atom. The van der Waals surface area contributed by atoms with E-state index in [1.54, 1.807) is 0 Å². The molecule has 0 spiro atoms. The number of anilines is 1. The predicted octanol–water partition coefficient (Wildman–Crippen LogP) is 3.32. The van der Waals surface area contributed by atoms with Gasteiger partial charge in [-0.3, -0.25) is 10.1 Å². The first kappa shape index (κ1) is 16.9. The van der Waals surface area contributed by atoms with Gasteiger partial charge in [0.05, 0.1) is 4.92 Å². The molecule has 1 heterocycles. The van der Waals surface area contributed by atoms with Crippen molar-refractivity contribution in [3.63, 3.8) is 0 Å². The van der Waals surface area contributed by atoms with E-state index in [0.29, 0.717) is 18.3 Å². The van der Waals surface area contributed by atoms with Crippen LogP contribution in [0.2, 0.25) is 0 Å². The van der Waals surface area contributed by atoms with Crippen LogP contribution in [0.1, 0.15) is 49.9 Å². The number of unbranched alkanes of at least 4 members (excludes halogenated alkanes) is 1. The molecule has 2 N–H and O–H groups in total. The molecule has 1 aromatic heterocycles. The van der Waals surface area contributed by atoms with E-state index < -0.39 is 16.6 Å². The summed E-state index contributed by atoms with van der Waals surface area (Å²) in [7, 11) is 0. The molecule has 7 heteroatoms. The lowest BCUT2D eigenvalue weighted by Gasteiger charge is -2.15. The van der Waals surface area contributed by atoms with Crippen molar-refractivity contribution in [1.82, 2.24) is 4.98 Å². The molecule has 0 aromatic carbocycles. The Labute approximate surface area is 123 Å². The number of nitro groups is 1. The molecule has 116 valence electrons. The van der Waals surface area contributed by atoms with Crippen LogP contribution >= 0.6 is 0 Å². The highest BCUT2D eigenvalue weighted by Crippen LogP contribution is 2.21. The van der Waals surface area contributed by atoms with E-state index in [4.69, 9.17) is 5.11 Å². The smallest absolute Gasteiger partial charge is 0.342 e. The second kappa shape index (κ2) is 8.18. The number of pyridine rings is 1. The molecule has 1 unspecified atom stereocenters. The van der Waals surface area contributed by atoms with Crippen LogP contribution in [-0.4, -0.2) is 27.5 Å². The Hall–Kier alpha value is -2.18. The first-order valence-electron chi connectivity index (χ1n) is 7.11. The van der Waals surface area contributed by atoms with E-state index in [-0.39, 0.29) is 5.56 Å². The van der Waals surface area contributed by atoms with E-state index in [0.717, 1.165) is 31.9 Å². The van der Waals surface area contributed by atoms with E-state index in [1.165, 1.54) is 6.07 Å². The van der Waals surface area contributed by atoms with Gasteiger partial charge in [-0.2, -0.15) is 0 Å². The molecule has 0 aliphatic carbocycles. The molecular weight excluding hydrogens is 274 g/mol. The number of aromatic nitrogens is 1. The van der Waals surface area contributed by atoms with E-state index in [2.05, 4.69) is 24.1 Å². The summed E-state index contributed by atoms with van der Waals surface area (Å²) in [5.41, 5.74) is -0.842. The third kappa shape index (κ3) is 5.02. The Kier molecular flexibility index (Phi) is 6.58. The lowest BCUT2D eigenvalue weighted by atomic mass is 9.99. The van der Waals surface area contributed by atoms with Gasteiger partial charge in [-0.15, -0.1) is 0 Å². The van der Waals surface area contributed by atoms with Crippen molar-refractivity contribution in [3.05, 3.63) is 27.9 Å². The average Bonchev–Trinajstić information content (AvgIpc) is 2.47. The van der Waals surface area contributed by atoms with Crippen LogP contribution < -0.4 is 5.32 Å². The van der Waals surface area contributed by atoms with Gasteiger partial charge in [-0.25, -0.2) is 9.78 Å². The number of hydrogen-bond acceptors (Lipinski definition) is 5. The average molecular weight is 295 g/mol. The Balaban J connectivity index is 2.78. The molecule has 0 aliphatic heterocycles. The number of hydrogen-bond donors (Lipinski definition) is 2. The normalized spacial score (nSPS) is 11.9. The highest BCUT2D eigenvalue weighted by Gasteiger charge is 2.21. The molecule has 0 bridgehead atoms. The summed E-state index contributed by atoms with van der Waals surface area (Å²) in [6, 6.07) is 1.22. The van der Waals surface area contributed by atoms with Crippen molar-refractivity contribution in [2.24, 2.45) is 5.92 Å². The third-order valence-electron chi connectivity index (χ3n) is 3.43. The van der Waals surface area contributed by atoms with Gasteiger partial charge in [0.25, 0.3) is 0 Å². The standard InChI is InChI=1S/C14H21N3O4/c1-3-5-6-10(4-2)8-15-13-7-11(14(18)19)12(9-16-13)17(20)21/h7,9-10H,3-6,8H2,1-2H3,(H,15,16)(H,18,19). The zero-order valence-electron chi connectivity index (χ0n) is 12.3. The van der Waals surface area contributed by atoms with Crippen LogP contribution in [0.25, 0.3) is 0 Å². The summed E-state index contributed by atoms with van der Waals surface area (Å²) in [6.07, 6.45) is 5.38. The van der Waals surface area contributed by atoms with Crippen LogP contribution in [0.3, 0.4) is 0 Å². The number of nitrogens with one attached hydrogen (secondary N) is 1. The van der Waals surface area contributed by atoms with Gasteiger partial charge >= 0.3 is 11.7 Å². The highest BCUT2D eigenvalue weighted by atomic mass is 16.6. The molecule has 0 radical (unpaired) electrons. The van der Waals surface area contributed by atoms with Crippen molar-refractivity contribution < 1.29 is 14.8 Å². The van der Waals surface area contributed by atoms with Crippen LogP contribution in [0.5, 0.6) is 0 Å². The predicted molar refractivity (Wildman–Crippen MR) is 79.6 cm³/mol. The largest absolute Gasteiger partial charge is 0.477 e. The molecule has 21 heavy (non-hydrogen) atoms. The molecule has 1 atom stereocenters. The van der Waals surface area contributed by atoms with Crippen molar-refractivity contribution in [1.29, 1.82) is 0 Å². The van der Waals surface area contributed by atoms with Crippen molar-refractivity contribution in [3.8, 4) is 0 Å². The van der Waals surface area contributed by atoms with Crippen molar-refractivity contribution in [2.75, 3.05) is 11.9 Å². The van der Waals surface area contributed by atoms with Crippen LogP contribution in [0.15, 0.2) is 12.3 Å². The van der Waals surface area contributed by atoms with Crippen molar-refractivity contribution in [2.45, 2.75) is 39.5 Å². The number of carbonyl (C=O) groups is 1. The molecule has 0 saturated heterocycles. The Bertz CT molecular complexity index is 505. The maximum absolute atomic E-state index is 11.1. The van der Waals surface area contributed by atoms with Gasteiger partial charge in [0, 0.05) is 12.6 Å². The molecule has 0 aliphatic rings. The van der Waals surface area contributed by atoms with E-state index >= 15 is 0 Å². The number of carboxylic acid groups (broad SMARTS) is 1. The quantitative estimate of drug-likeness (QED) is 0.534. The number of aromatic carboxylic acids is 1. The van der Waals surface area contributed by atoms with E-state index in [1.807, 2.05) is 0 Å². The lowest BCUT2D eigenvalue weighted by molar-refractivity contribution is -0.385. The monoisotopic (exact) mass is 295 g/mol. The van der Waals surface area contributed by atoms with Gasteiger partial charge in [-0.05, 0) is 12.3 Å². The van der Waals surface area contributed by atoms with Gasteiger partial charge in [-0.1, -0.05) is 33.1 Å². The molecule has 0 fully saturated rings. The molecular formula is C14H21N3O4. The zero-order chi connectivity index (χ0) is 15.8. The molecule has 7 nitrogen and oxygen atoms in total. The minimum atomic E-state index is -1.33. The summed E-state index contributed by atoms with van der Waals surface area (Å²) in [6.45, 7) is 4.92. The second-order valence-corrected chi connectivity index (χ2v) is 4.95. The number of rotatable bonds is 9. The van der Waals surface area contributed by atoms with Crippen molar-refractivity contribution >= 4 is 17.5 Å². The topological polar surface area (TPSA) is 105 Å². The van der Waals surface area contributed by atoms with E-state index in [9.17, 15) is 14.9 Å². The van der Waals surface area contributed by atoms with Gasteiger partial charge in [0.1, 0.15) is 17.6 Å². The fourth-order valence-corrected chi connectivity index (χ4v) is 2.05. The Morgan fingerprint density at radius 2 is 2.24 bits per heavy atom. The van der Waals surface area contributed by atoms with Gasteiger partial charge in [0.2, 0.25) is 0 Å². The lowest BCUT2D eigenvalue weighted by Crippen LogP contribution is -2.15. The third-order valence-corrected chi connectivity index (χ3v) is 3.43. The van der Waals surface area contributed by atoms with Crippen LogP contribution in [0, 0.1) is 16.0 Å². The summed E-state index contributed by atoms with van der Waals surface area (Å²) in [5.74, 6) is -0.492. The van der Waals surface area contributed by atoms with Gasteiger partial charge < -0.3 is 10.4 Å². The molecule has 1 aromatic rings. The fraction of sp³-hybridized carbons (Fsp3) is 0.571. The fourth-order valence-electron chi connectivity index (χ4n) is 2.05. The van der Waals surface area contributed by atoms with Gasteiger partial charge in [0.15, 0.2) is 0 Å². The molecule has 0 amide bonds.